The van der Waals surface area contributed by atoms with Gasteiger partial charge in [0.2, 0.25) is 11.9 Å². The summed E-state index contributed by atoms with van der Waals surface area (Å²) in [5.74, 6) is -2.67. The van der Waals surface area contributed by atoms with Gasteiger partial charge >= 0.3 is 5.97 Å². The number of rotatable bonds is 11. The lowest BCUT2D eigenvalue weighted by atomic mass is 9.80. The number of aliphatic carboxylic acids is 1. The maximum absolute atomic E-state index is 13.1. The van der Waals surface area contributed by atoms with Crippen molar-refractivity contribution in [2.75, 3.05) is 6.54 Å². The Morgan fingerprint density at radius 1 is 1.15 bits per heavy atom. The fraction of sp³-hybridized carbons (Fsp3) is 0.440. The number of nitrogens with one attached hydrogen (secondary N) is 2. The number of carbonyl (C=O) groups is 2. The van der Waals surface area contributed by atoms with E-state index in [2.05, 4.69) is 10.6 Å². The van der Waals surface area contributed by atoms with Crippen LogP contribution in [0.4, 0.5) is 0 Å². The van der Waals surface area contributed by atoms with E-state index in [9.17, 15) is 19.7 Å². The molecule has 1 amide bonds. The Bertz CT molecular complexity index is 971. The third-order valence-corrected chi connectivity index (χ3v) is 6.45. The molecule has 0 aromatic heterocycles. The number of carboxylic acids is 1. The van der Waals surface area contributed by atoms with Gasteiger partial charge in [0.1, 0.15) is 12.6 Å². The van der Waals surface area contributed by atoms with Crippen molar-refractivity contribution in [2.45, 2.75) is 51.1 Å². The van der Waals surface area contributed by atoms with Gasteiger partial charge in [-0.2, -0.15) is 0 Å². The second-order valence-corrected chi connectivity index (χ2v) is 8.64. The van der Waals surface area contributed by atoms with E-state index in [4.69, 9.17) is 9.84 Å². The minimum Gasteiger partial charge on any atom is -0.480 e. The number of benzene rings is 2. The summed E-state index contributed by atoms with van der Waals surface area (Å²) in [5.41, 5.74) is 1.61. The van der Waals surface area contributed by atoms with Crippen LogP contribution in [-0.2, 0) is 20.9 Å². The molecule has 3 N–H and O–H groups in total. The van der Waals surface area contributed by atoms with Crippen molar-refractivity contribution in [2.24, 2.45) is 11.8 Å². The highest BCUT2D eigenvalue weighted by molar-refractivity contribution is 5.86. The number of amides is 1. The van der Waals surface area contributed by atoms with Crippen molar-refractivity contribution in [3.05, 3.63) is 81.9 Å². The third-order valence-electron chi connectivity index (χ3n) is 6.45. The fourth-order valence-corrected chi connectivity index (χ4v) is 4.60. The predicted octanol–water partition coefficient (Wildman–Crippen LogP) is 2.79. The lowest BCUT2D eigenvalue weighted by molar-refractivity contribution is -0.535. The summed E-state index contributed by atoms with van der Waals surface area (Å²) in [4.78, 5) is 36.2. The van der Waals surface area contributed by atoms with E-state index >= 15 is 0 Å². The lowest BCUT2D eigenvalue weighted by Crippen LogP contribution is -2.51. The van der Waals surface area contributed by atoms with Gasteiger partial charge in [-0.1, -0.05) is 80.9 Å². The standard InChI is InChI=1S/C25H31N3O6/c1-3-16(2)24(34-15-17-10-6-4-7-11-17)20-22(25(31)26-14-19(29)30)27-21(23(20)28(32)33)18-12-8-5-9-13-18/h4-13,16,20-24,27H,3,14-15H2,1-2H3,(H,26,31)(H,29,30)/t16-,20?,21?,22?,23?,24-/m0/s1. The van der Waals surface area contributed by atoms with Crippen molar-refractivity contribution >= 4 is 11.9 Å². The first-order chi connectivity index (χ1) is 16.3. The Hall–Kier alpha value is -3.30. The van der Waals surface area contributed by atoms with Crippen LogP contribution >= 0.6 is 0 Å². The minimum atomic E-state index is -1.19. The van der Waals surface area contributed by atoms with Crippen LogP contribution in [0.15, 0.2) is 60.7 Å². The molecule has 2 aromatic carbocycles. The molecule has 1 aliphatic heterocycles. The van der Waals surface area contributed by atoms with Gasteiger partial charge in [-0.25, -0.2) is 0 Å². The molecule has 0 aliphatic carbocycles. The zero-order chi connectivity index (χ0) is 24.7. The topological polar surface area (TPSA) is 131 Å². The first-order valence-electron chi connectivity index (χ1n) is 11.4. The van der Waals surface area contributed by atoms with Gasteiger partial charge < -0.3 is 15.2 Å². The Balaban J connectivity index is 1.99. The molecule has 0 bridgehead atoms. The Morgan fingerprint density at radius 3 is 2.32 bits per heavy atom. The van der Waals surface area contributed by atoms with E-state index in [0.29, 0.717) is 12.0 Å². The number of nitrogens with zero attached hydrogens (tertiary/aromatic N) is 1. The van der Waals surface area contributed by atoms with Gasteiger partial charge in [-0.05, 0) is 17.0 Å². The van der Waals surface area contributed by atoms with Crippen molar-refractivity contribution in [1.82, 2.24) is 10.6 Å². The molecule has 1 saturated heterocycles. The van der Waals surface area contributed by atoms with E-state index in [1.165, 1.54) is 0 Å². The second kappa shape index (κ2) is 11.7. The normalized spacial score (nSPS) is 23.7. The van der Waals surface area contributed by atoms with Gasteiger partial charge in [-0.3, -0.25) is 25.0 Å². The summed E-state index contributed by atoms with van der Waals surface area (Å²) < 4.78 is 6.29. The number of hydrogen-bond donors (Lipinski definition) is 3. The Morgan fingerprint density at radius 2 is 1.76 bits per heavy atom. The van der Waals surface area contributed by atoms with E-state index < -0.39 is 48.6 Å². The molecule has 1 heterocycles. The van der Waals surface area contributed by atoms with Gasteiger partial charge in [-0.15, -0.1) is 0 Å². The smallest absolute Gasteiger partial charge is 0.322 e. The quantitative estimate of drug-likeness (QED) is 0.341. The zero-order valence-corrected chi connectivity index (χ0v) is 19.3. The van der Waals surface area contributed by atoms with Crippen molar-refractivity contribution in [1.29, 1.82) is 0 Å². The van der Waals surface area contributed by atoms with Gasteiger partial charge in [0.15, 0.2) is 0 Å². The molecule has 6 atom stereocenters. The molecule has 0 radical (unpaired) electrons. The summed E-state index contributed by atoms with van der Waals surface area (Å²) >= 11 is 0. The molecule has 2 aromatic rings. The highest BCUT2D eigenvalue weighted by atomic mass is 16.6. The predicted molar refractivity (Wildman–Crippen MR) is 125 cm³/mol. The lowest BCUT2D eigenvalue weighted by Gasteiger charge is -2.32. The van der Waals surface area contributed by atoms with Crippen molar-refractivity contribution in [3.63, 3.8) is 0 Å². The van der Waals surface area contributed by atoms with Gasteiger partial charge in [0, 0.05) is 4.92 Å². The first-order valence-corrected chi connectivity index (χ1v) is 11.4. The monoisotopic (exact) mass is 469 g/mol. The van der Waals surface area contributed by atoms with Gasteiger partial charge in [0.25, 0.3) is 0 Å². The van der Waals surface area contributed by atoms with Crippen molar-refractivity contribution in [3.8, 4) is 0 Å². The first kappa shape index (κ1) is 25.3. The third kappa shape index (κ3) is 5.98. The maximum Gasteiger partial charge on any atom is 0.322 e. The van der Waals surface area contributed by atoms with Crippen LogP contribution in [0.25, 0.3) is 0 Å². The van der Waals surface area contributed by atoms with Crippen LogP contribution in [0, 0.1) is 22.0 Å². The summed E-state index contributed by atoms with van der Waals surface area (Å²) in [5, 5.41) is 27.0. The number of carboxylic acid groups (broad SMARTS) is 1. The fourth-order valence-electron chi connectivity index (χ4n) is 4.60. The van der Waals surface area contributed by atoms with Gasteiger partial charge in [0.05, 0.1) is 24.7 Å². The van der Waals surface area contributed by atoms with Crippen LogP contribution in [0.2, 0.25) is 0 Å². The number of ether oxygens (including phenoxy) is 1. The van der Waals surface area contributed by atoms with Crippen LogP contribution in [-0.4, -0.2) is 46.6 Å². The van der Waals surface area contributed by atoms with Crippen LogP contribution < -0.4 is 10.6 Å². The molecule has 3 rings (SSSR count). The molecule has 9 heteroatoms. The SMILES string of the molecule is CC[C@H](C)[C@H](OCc1ccccc1)C1C(C(=O)NCC(=O)O)NC(c2ccccc2)C1[N+](=O)[O-]. The molecule has 9 nitrogen and oxygen atoms in total. The van der Waals surface area contributed by atoms with Crippen LogP contribution in [0.3, 0.4) is 0 Å². The summed E-state index contributed by atoms with van der Waals surface area (Å²) in [7, 11) is 0. The molecule has 34 heavy (non-hydrogen) atoms. The molecular weight excluding hydrogens is 438 g/mol. The highest BCUT2D eigenvalue weighted by Crippen LogP contribution is 2.39. The number of carbonyl (C=O) groups excluding carboxylic acids is 1. The molecule has 1 aliphatic rings. The molecular formula is C25H31N3O6. The summed E-state index contributed by atoms with van der Waals surface area (Å²) in [6, 6.07) is 15.6. The van der Waals surface area contributed by atoms with E-state index in [1.54, 1.807) is 24.3 Å². The molecule has 4 unspecified atom stereocenters. The van der Waals surface area contributed by atoms with E-state index in [1.807, 2.05) is 50.2 Å². The Kier molecular flexibility index (Phi) is 8.72. The number of nitro groups is 1. The number of hydrogen-bond acceptors (Lipinski definition) is 6. The molecule has 0 saturated carbocycles. The van der Waals surface area contributed by atoms with Crippen LogP contribution in [0.1, 0.15) is 37.4 Å². The zero-order valence-electron chi connectivity index (χ0n) is 19.3. The van der Waals surface area contributed by atoms with Crippen molar-refractivity contribution < 1.29 is 24.4 Å². The Labute approximate surface area is 198 Å². The molecule has 182 valence electrons. The molecule has 1 fully saturated rings. The van der Waals surface area contributed by atoms with E-state index in [-0.39, 0.29) is 17.4 Å². The largest absolute Gasteiger partial charge is 0.480 e. The second-order valence-electron chi connectivity index (χ2n) is 8.64. The summed E-state index contributed by atoms with van der Waals surface area (Å²) in [6.45, 7) is 3.61. The minimum absolute atomic E-state index is 0.0812. The highest BCUT2D eigenvalue weighted by Gasteiger charge is 2.57. The van der Waals surface area contributed by atoms with E-state index in [0.717, 1.165) is 5.56 Å². The maximum atomic E-state index is 13.1. The van der Waals surface area contributed by atoms with Crippen LogP contribution in [0.5, 0.6) is 0 Å². The average molecular weight is 470 g/mol. The average Bonchev–Trinajstić information content (AvgIpc) is 3.24. The molecule has 0 spiro atoms. The summed E-state index contributed by atoms with van der Waals surface area (Å²) in [6.07, 6.45) is 0.0854.